The van der Waals surface area contributed by atoms with Crippen LogP contribution in [-0.4, -0.2) is 63.0 Å². The number of nitrogens with one attached hydrogen (secondary N) is 1. The highest BCUT2D eigenvalue weighted by Crippen LogP contribution is 2.19. The van der Waals surface area contributed by atoms with Gasteiger partial charge >= 0.3 is 6.09 Å². The van der Waals surface area contributed by atoms with Crippen LogP contribution in [0.4, 0.5) is 13.6 Å². The van der Waals surface area contributed by atoms with Crippen molar-refractivity contribution in [1.29, 1.82) is 0 Å². The average Bonchev–Trinajstić information content (AvgIpc) is 2.60. The third kappa shape index (κ3) is 5.05. The number of methoxy groups -OCH3 is 1. The van der Waals surface area contributed by atoms with Gasteiger partial charge in [-0.3, -0.25) is 4.79 Å². The molecule has 1 aliphatic rings. The summed E-state index contributed by atoms with van der Waals surface area (Å²) in [6, 6.07) is 2.91. The number of benzene rings is 1. The van der Waals surface area contributed by atoms with E-state index in [0.717, 1.165) is 18.2 Å². The van der Waals surface area contributed by atoms with Crippen LogP contribution in [0, 0.1) is 11.6 Å². The number of rotatable bonds is 5. The van der Waals surface area contributed by atoms with Gasteiger partial charge in [-0.25, -0.2) is 13.6 Å². The van der Waals surface area contributed by atoms with Gasteiger partial charge in [0.25, 0.3) is 0 Å². The van der Waals surface area contributed by atoms with E-state index in [2.05, 4.69) is 10.1 Å². The summed E-state index contributed by atoms with van der Waals surface area (Å²) in [5.41, 5.74) is 0. The van der Waals surface area contributed by atoms with Crippen molar-refractivity contribution < 1.29 is 32.6 Å². The highest BCUT2D eigenvalue weighted by atomic mass is 19.1. The first-order valence-corrected chi connectivity index (χ1v) is 7.28. The maximum absolute atomic E-state index is 13.5. The lowest BCUT2D eigenvalue weighted by Gasteiger charge is -2.32. The summed E-state index contributed by atoms with van der Waals surface area (Å²) >= 11 is 0. The molecular weight excluding hydrogens is 326 g/mol. The van der Waals surface area contributed by atoms with Crippen molar-refractivity contribution in [1.82, 2.24) is 10.2 Å². The monoisotopic (exact) mass is 344 g/mol. The average molecular weight is 344 g/mol. The number of halogens is 2. The summed E-state index contributed by atoms with van der Waals surface area (Å²) in [7, 11) is 1.20. The Hall–Kier alpha value is -2.42. The Kier molecular flexibility index (Phi) is 6.30. The summed E-state index contributed by atoms with van der Waals surface area (Å²) in [6.07, 6.45) is -1.18. The van der Waals surface area contributed by atoms with Crippen molar-refractivity contribution in [3.05, 3.63) is 29.8 Å². The highest BCUT2D eigenvalue weighted by molar-refractivity contribution is 5.82. The van der Waals surface area contributed by atoms with Crippen molar-refractivity contribution in [3.8, 4) is 5.75 Å². The molecule has 1 aromatic carbocycles. The van der Waals surface area contributed by atoms with E-state index in [-0.39, 0.29) is 38.0 Å². The number of ether oxygens (including phenoxy) is 3. The Balaban J connectivity index is 1.83. The minimum atomic E-state index is -0.696. The smallest absolute Gasteiger partial charge is 0.407 e. The van der Waals surface area contributed by atoms with E-state index < -0.39 is 23.8 Å². The zero-order valence-corrected chi connectivity index (χ0v) is 13.1. The Labute approximate surface area is 137 Å². The SMILES string of the molecule is COC(=O)NCC(=O)N1CCOC(COc2cc(F)ccc2F)C1. The molecule has 0 aliphatic carbocycles. The van der Waals surface area contributed by atoms with E-state index in [1.807, 2.05) is 0 Å². The number of amides is 2. The van der Waals surface area contributed by atoms with Gasteiger partial charge in [0.2, 0.25) is 5.91 Å². The van der Waals surface area contributed by atoms with E-state index in [1.54, 1.807) is 0 Å². The lowest BCUT2D eigenvalue weighted by atomic mass is 10.2. The van der Waals surface area contributed by atoms with Crippen LogP contribution >= 0.6 is 0 Å². The highest BCUT2D eigenvalue weighted by Gasteiger charge is 2.25. The predicted octanol–water partition coefficient (Wildman–Crippen LogP) is 0.927. The van der Waals surface area contributed by atoms with Crippen molar-refractivity contribution >= 4 is 12.0 Å². The van der Waals surface area contributed by atoms with Crippen LogP contribution in [0.5, 0.6) is 5.75 Å². The summed E-state index contributed by atoms with van der Waals surface area (Å²) in [4.78, 5) is 24.4. The normalized spacial score (nSPS) is 17.3. The van der Waals surface area contributed by atoms with Crippen LogP contribution in [0.25, 0.3) is 0 Å². The van der Waals surface area contributed by atoms with Gasteiger partial charge in [-0.15, -0.1) is 0 Å². The fourth-order valence-corrected chi connectivity index (χ4v) is 2.15. The van der Waals surface area contributed by atoms with Crippen LogP contribution in [0.2, 0.25) is 0 Å². The van der Waals surface area contributed by atoms with E-state index >= 15 is 0 Å². The minimum Gasteiger partial charge on any atom is -0.488 e. The quantitative estimate of drug-likeness (QED) is 0.860. The van der Waals surface area contributed by atoms with Gasteiger partial charge in [0.05, 0.1) is 20.3 Å². The molecule has 132 valence electrons. The lowest BCUT2D eigenvalue weighted by molar-refractivity contribution is -0.138. The molecule has 1 aliphatic heterocycles. The molecule has 1 heterocycles. The van der Waals surface area contributed by atoms with Gasteiger partial charge in [0.1, 0.15) is 25.1 Å². The Morgan fingerprint density at radius 1 is 1.42 bits per heavy atom. The van der Waals surface area contributed by atoms with Crippen molar-refractivity contribution in [2.45, 2.75) is 6.10 Å². The zero-order valence-electron chi connectivity index (χ0n) is 13.1. The molecule has 9 heteroatoms. The molecule has 7 nitrogen and oxygen atoms in total. The molecular formula is C15H18F2N2O5. The number of nitrogens with zero attached hydrogens (tertiary/aromatic N) is 1. The number of morpholine rings is 1. The molecule has 1 saturated heterocycles. The van der Waals surface area contributed by atoms with Crippen molar-refractivity contribution in [3.63, 3.8) is 0 Å². The standard InChI is InChI=1S/C15H18F2N2O5/c1-22-15(21)18-7-14(20)19-4-5-23-11(8-19)9-24-13-6-10(16)2-3-12(13)17/h2-3,6,11H,4-5,7-9H2,1H3,(H,18,21). The summed E-state index contributed by atoms with van der Waals surface area (Å²) in [5, 5.41) is 2.30. The van der Waals surface area contributed by atoms with Gasteiger partial charge in [0.15, 0.2) is 11.6 Å². The lowest BCUT2D eigenvalue weighted by Crippen LogP contribution is -2.50. The van der Waals surface area contributed by atoms with Crippen molar-refractivity contribution in [2.75, 3.05) is 40.0 Å². The molecule has 0 saturated carbocycles. The first-order valence-electron chi connectivity index (χ1n) is 7.28. The minimum absolute atomic E-state index is 0.0332. The van der Waals surface area contributed by atoms with Gasteiger partial charge in [-0.1, -0.05) is 0 Å². The molecule has 1 fully saturated rings. The molecule has 0 aromatic heterocycles. The third-order valence-electron chi connectivity index (χ3n) is 3.38. The molecule has 0 radical (unpaired) electrons. The van der Waals surface area contributed by atoms with Gasteiger partial charge in [0, 0.05) is 12.6 Å². The summed E-state index contributed by atoms with van der Waals surface area (Å²) in [6.45, 7) is 0.641. The number of alkyl carbamates (subject to hydrolysis) is 1. The second-order valence-corrected chi connectivity index (χ2v) is 5.06. The van der Waals surface area contributed by atoms with Crippen LogP contribution in [0.3, 0.4) is 0 Å². The molecule has 1 atom stereocenters. The number of hydrogen-bond acceptors (Lipinski definition) is 5. The first-order chi connectivity index (χ1) is 11.5. The molecule has 2 amide bonds. The van der Waals surface area contributed by atoms with Gasteiger partial charge in [-0.2, -0.15) is 0 Å². The second-order valence-electron chi connectivity index (χ2n) is 5.06. The topological polar surface area (TPSA) is 77.1 Å². The largest absolute Gasteiger partial charge is 0.488 e. The molecule has 1 unspecified atom stereocenters. The van der Waals surface area contributed by atoms with Gasteiger partial charge < -0.3 is 24.4 Å². The Bertz CT molecular complexity index is 599. The Morgan fingerprint density at radius 2 is 2.21 bits per heavy atom. The summed E-state index contributed by atoms with van der Waals surface area (Å²) in [5.74, 6) is -1.80. The number of hydrogen-bond donors (Lipinski definition) is 1. The van der Waals surface area contributed by atoms with Gasteiger partial charge in [-0.05, 0) is 12.1 Å². The molecule has 2 rings (SSSR count). The maximum atomic E-state index is 13.5. The molecule has 1 aromatic rings. The summed E-state index contributed by atoms with van der Waals surface area (Å²) < 4.78 is 41.6. The predicted molar refractivity (Wildman–Crippen MR) is 78.6 cm³/mol. The van der Waals surface area contributed by atoms with E-state index in [0.29, 0.717) is 6.54 Å². The maximum Gasteiger partial charge on any atom is 0.407 e. The first kappa shape index (κ1) is 17.9. The van der Waals surface area contributed by atoms with Crippen LogP contribution < -0.4 is 10.1 Å². The zero-order chi connectivity index (χ0) is 17.5. The fourth-order valence-electron chi connectivity index (χ4n) is 2.15. The van der Waals surface area contributed by atoms with Crippen LogP contribution in [-0.2, 0) is 14.3 Å². The molecule has 1 N–H and O–H groups in total. The molecule has 24 heavy (non-hydrogen) atoms. The third-order valence-corrected chi connectivity index (χ3v) is 3.38. The van der Waals surface area contributed by atoms with Crippen molar-refractivity contribution in [2.24, 2.45) is 0 Å². The van der Waals surface area contributed by atoms with Crippen LogP contribution in [0.1, 0.15) is 0 Å². The van der Waals surface area contributed by atoms with Crippen LogP contribution in [0.15, 0.2) is 18.2 Å². The Morgan fingerprint density at radius 3 is 2.96 bits per heavy atom. The molecule has 0 bridgehead atoms. The molecule has 0 spiro atoms. The van der Waals surface area contributed by atoms with E-state index in [4.69, 9.17) is 9.47 Å². The fraction of sp³-hybridized carbons (Fsp3) is 0.467. The number of carbonyl (C=O) groups excluding carboxylic acids is 2. The second kappa shape index (κ2) is 8.44. The van der Waals surface area contributed by atoms with E-state index in [9.17, 15) is 18.4 Å². The number of carbonyl (C=O) groups is 2. The van der Waals surface area contributed by atoms with E-state index in [1.165, 1.54) is 12.0 Å².